The maximum Gasteiger partial charge on any atom is 0.262 e. The van der Waals surface area contributed by atoms with Gasteiger partial charge in [-0.3, -0.25) is 9.59 Å². The van der Waals surface area contributed by atoms with Crippen LogP contribution in [0.25, 0.3) is 0 Å². The van der Waals surface area contributed by atoms with Gasteiger partial charge in [0.25, 0.3) is 5.91 Å². The molecule has 0 spiro atoms. The second-order valence-electron chi connectivity index (χ2n) is 8.07. The van der Waals surface area contributed by atoms with Crippen molar-refractivity contribution in [1.82, 2.24) is 0 Å². The Balaban J connectivity index is 1.12. The highest BCUT2D eigenvalue weighted by atomic mass is 32.1. The SMILES string of the molecule is O=C(COc1ccc(N2CCCC2=O)cc1)Nc1ccc(N2CCc3sccc3C2)cc1. The summed E-state index contributed by atoms with van der Waals surface area (Å²) < 4.78 is 5.61. The Morgan fingerprint density at radius 1 is 0.969 bits per heavy atom. The Hall–Kier alpha value is -3.32. The molecule has 2 amide bonds. The molecule has 0 atom stereocenters. The first-order chi connectivity index (χ1) is 15.7. The number of hydrogen-bond donors (Lipinski definition) is 1. The van der Waals surface area contributed by atoms with Crippen LogP contribution >= 0.6 is 11.3 Å². The van der Waals surface area contributed by atoms with Gasteiger partial charge in [-0.15, -0.1) is 11.3 Å². The molecule has 32 heavy (non-hydrogen) atoms. The van der Waals surface area contributed by atoms with Gasteiger partial charge in [-0.25, -0.2) is 0 Å². The van der Waals surface area contributed by atoms with Crippen molar-refractivity contribution < 1.29 is 14.3 Å². The number of ether oxygens (including phenoxy) is 1. The molecule has 3 aromatic rings. The van der Waals surface area contributed by atoms with Crippen LogP contribution in [0.2, 0.25) is 0 Å². The van der Waals surface area contributed by atoms with Gasteiger partial charge in [0.15, 0.2) is 6.61 Å². The summed E-state index contributed by atoms with van der Waals surface area (Å²) in [6.07, 6.45) is 2.58. The van der Waals surface area contributed by atoms with Crippen LogP contribution in [0.15, 0.2) is 60.0 Å². The van der Waals surface area contributed by atoms with E-state index in [0.717, 1.165) is 49.5 Å². The van der Waals surface area contributed by atoms with Crippen LogP contribution in [0.1, 0.15) is 23.3 Å². The first-order valence-corrected chi connectivity index (χ1v) is 11.8. The normalized spacial score (nSPS) is 15.6. The zero-order chi connectivity index (χ0) is 21.9. The number of nitrogens with one attached hydrogen (secondary N) is 1. The summed E-state index contributed by atoms with van der Waals surface area (Å²) >= 11 is 1.84. The first kappa shape index (κ1) is 20.6. The number of carbonyl (C=O) groups is 2. The molecule has 0 unspecified atom stereocenters. The average molecular weight is 448 g/mol. The molecule has 1 saturated heterocycles. The zero-order valence-electron chi connectivity index (χ0n) is 17.8. The summed E-state index contributed by atoms with van der Waals surface area (Å²) in [7, 11) is 0. The fourth-order valence-corrected chi connectivity index (χ4v) is 5.10. The van der Waals surface area contributed by atoms with E-state index in [1.807, 2.05) is 47.7 Å². The van der Waals surface area contributed by atoms with Crippen molar-refractivity contribution in [2.24, 2.45) is 0 Å². The Bertz CT molecular complexity index is 1110. The molecular weight excluding hydrogens is 422 g/mol. The summed E-state index contributed by atoms with van der Waals surface area (Å²) in [4.78, 5) is 29.8. The van der Waals surface area contributed by atoms with E-state index in [4.69, 9.17) is 4.74 Å². The molecule has 0 radical (unpaired) electrons. The number of nitrogens with zero attached hydrogens (tertiary/aromatic N) is 2. The minimum Gasteiger partial charge on any atom is -0.484 e. The minimum absolute atomic E-state index is 0.0726. The third-order valence-corrected chi connectivity index (χ3v) is 6.94. The van der Waals surface area contributed by atoms with Crippen LogP contribution in [0.3, 0.4) is 0 Å². The lowest BCUT2D eigenvalue weighted by atomic mass is 10.1. The van der Waals surface area contributed by atoms with E-state index >= 15 is 0 Å². The Morgan fingerprint density at radius 3 is 2.50 bits per heavy atom. The second-order valence-corrected chi connectivity index (χ2v) is 9.07. The number of amides is 2. The van der Waals surface area contributed by atoms with Crippen molar-refractivity contribution >= 4 is 40.2 Å². The van der Waals surface area contributed by atoms with Crippen molar-refractivity contribution in [2.45, 2.75) is 25.8 Å². The van der Waals surface area contributed by atoms with Gasteiger partial charge in [0.05, 0.1) is 0 Å². The fourth-order valence-electron chi connectivity index (χ4n) is 4.21. The summed E-state index contributed by atoms with van der Waals surface area (Å²) in [5.41, 5.74) is 4.19. The monoisotopic (exact) mass is 447 g/mol. The van der Waals surface area contributed by atoms with E-state index in [9.17, 15) is 9.59 Å². The molecule has 0 aliphatic carbocycles. The van der Waals surface area contributed by atoms with Crippen LogP contribution in [0.5, 0.6) is 5.75 Å². The van der Waals surface area contributed by atoms with E-state index in [1.165, 1.54) is 10.4 Å². The van der Waals surface area contributed by atoms with E-state index in [2.05, 4.69) is 21.7 Å². The van der Waals surface area contributed by atoms with Gasteiger partial charge in [0, 0.05) is 48.0 Å². The van der Waals surface area contributed by atoms with Crippen LogP contribution in [-0.4, -0.2) is 31.5 Å². The summed E-state index contributed by atoms with van der Waals surface area (Å²) in [5.74, 6) is 0.543. The molecule has 3 heterocycles. The largest absolute Gasteiger partial charge is 0.484 e. The number of fused-ring (bicyclic) bond motifs is 1. The quantitative estimate of drug-likeness (QED) is 0.606. The molecule has 1 fully saturated rings. The fraction of sp³-hybridized carbons (Fsp3) is 0.280. The van der Waals surface area contributed by atoms with Crippen molar-refractivity contribution in [3.63, 3.8) is 0 Å². The molecule has 0 saturated carbocycles. The first-order valence-electron chi connectivity index (χ1n) is 10.9. The van der Waals surface area contributed by atoms with Gasteiger partial charge < -0.3 is 19.9 Å². The number of thiophene rings is 1. The number of anilines is 3. The molecule has 164 valence electrons. The Morgan fingerprint density at radius 2 is 1.75 bits per heavy atom. The van der Waals surface area contributed by atoms with E-state index in [1.54, 1.807) is 17.0 Å². The van der Waals surface area contributed by atoms with Gasteiger partial charge in [-0.1, -0.05) is 0 Å². The van der Waals surface area contributed by atoms with Gasteiger partial charge in [0.2, 0.25) is 5.91 Å². The van der Waals surface area contributed by atoms with Crippen molar-refractivity contribution in [2.75, 3.05) is 34.8 Å². The zero-order valence-corrected chi connectivity index (χ0v) is 18.6. The molecule has 2 aromatic carbocycles. The third-order valence-electron chi connectivity index (χ3n) is 5.92. The lowest BCUT2D eigenvalue weighted by molar-refractivity contribution is -0.118. The third kappa shape index (κ3) is 4.48. The summed E-state index contributed by atoms with van der Waals surface area (Å²) in [6.45, 7) is 2.63. The summed E-state index contributed by atoms with van der Waals surface area (Å²) in [5, 5.41) is 5.05. The molecule has 1 aromatic heterocycles. The van der Waals surface area contributed by atoms with E-state index in [-0.39, 0.29) is 18.4 Å². The van der Waals surface area contributed by atoms with Gasteiger partial charge >= 0.3 is 0 Å². The highest BCUT2D eigenvalue weighted by Crippen LogP contribution is 2.28. The van der Waals surface area contributed by atoms with Crippen LogP contribution in [0, 0.1) is 0 Å². The lowest BCUT2D eigenvalue weighted by Gasteiger charge is -2.29. The highest BCUT2D eigenvalue weighted by molar-refractivity contribution is 7.10. The molecule has 5 rings (SSSR count). The lowest BCUT2D eigenvalue weighted by Crippen LogP contribution is -2.29. The highest BCUT2D eigenvalue weighted by Gasteiger charge is 2.21. The predicted octanol–water partition coefficient (Wildman–Crippen LogP) is 4.46. The Kier molecular flexibility index (Phi) is 5.81. The minimum atomic E-state index is -0.211. The van der Waals surface area contributed by atoms with Crippen LogP contribution in [0.4, 0.5) is 17.1 Å². The number of benzene rings is 2. The number of rotatable bonds is 6. The Labute approximate surface area is 191 Å². The van der Waals surface area contributed by atoms with Crippen molar-refractivity contribution in [3.8, 4) is 5.75 Å². The maximum atomic E-state index is 12.3. The second kappa shape index (κ2) is 9.04. The molecule has 2 aliphatic rings. The van der Waals surface area contributed by atoms with Crippen LogP contribution < -0.4 is 19.9 Å². The van der Waals surface area contributed by atoms with Crippen molar-refractivity contribution in [3.05, 3.63) is 70.4 Å². The molecule has 1 N–H and O–H groups in total. The molecule has 0 bridgehead atoms. The van der Waals surface area contributed by atoms with Crippen molar-refractivity contribution in [1.29, 1.82) is 0 Å². The van der Waals surface area contributed by atoms with Crippen LogP contribution in [-0.2, 0) is 22.6 Å². The van der Waals surface area contributed by atoms with Gasteiger partial charge in [0.1, 0.15) is 5.75 Å². The summed E-state index contributed by atoms with van der Waals surface area (Å²) in [6, 6.07) is 17.5. The number of hydrogen-bond acceptors (Lipinski definition) is 5. The molecular formula is C25H25N3O3S. The predicted molar refractivity (Wildman–Crippen MR) is 128 cm³/mol. The average Bonchev–Trinajstić information content (AvgIpc) is 3.47. The van der Waals surface area contributed by atoms with Gasteiger partial charge in [-0.2, -0.15) is 0 Å². The molecule has 7 heteroatoms. The smallest absolute Gasteiger partial charge is 0.262 e. The maximum absolute atomic E-state index is 12.3. The molecule has 2 aliphatic heterocycles. The standard InChI is InChI=1S/C25H25N3O3S/c29-24(17-31-22-9-7-21(8-10-22)28-13-1-2-25(28)30)26-19-3-5-20(6-4-19)27-14-11-23-18(16-27)12-15-32-23/h3-10,12,15H,1-2,11,13-14,16-17H2,(H,26,29). The topological polar surface area (TPSA) is 61.9 Å². The number of carbonyl (C=O) groups excluding carboxylic acids is 2. The van der Waals surface area contributed by atoms with Gasteiger partial charge in [-0.05, 0) is 78.4 Å². The van der Waals surface area contributed by atoms with E-state index in [0.29, 0.717) is 12.2 Å². The van der Waals surface area contributed by atoms with E-state index < -0.39 is 0 Å². The molecule has 6 nitrogen and oxygen atoms in total.